The highest BCUT2D eigenvalue weighted by Crippen LogP contribution is 2.30. The van der Waals surface area contributed by atoms with Gasteiger partial charge in [0.25, 0.3) is 0 Å². The number of thioether (sulfide) groups is 1. The third-order valence-electron chi connectivity index (χ3n) is 3.48. The minimum Gasteiger partial charge on any atom is -0.326 e. The first-order chi connectivity index (χ1) is 12.9. The molecule has 0 atom stereocenters. The van der Waals surface area contributed by atoms with Crippen molar-refractivity contribution < 1.29 is 18.0 Å². The van der Waals surface area contributed by atoms with E-state index in [4.69, 9.17) is 0 Å². The Bertz CT molecular complexity index is 914. The number of carbonyl (C=O) groups is 1. The summed E-state index contributed by atoms with van der Waals surface area (Å²) in [7, 11) is 0. The molecule has 3 rings (SSSR count). The van der Waals surface area contributed by atoms with Crippen molar-refractivity contribution in [3.63, 3.8) is 0 Å². The molecule has 140 valence electrons. The van der Waals surface area contributed by atoms with Crippen LogP contribution in [-0.4, -0.2) is 31.9 Å². The molecule has 1 N–H and O–H groups in total. The van der Waals surface area contributed by atoms with Crippen LogP contribution in [0.25, 0.3) is 5.69 Å². The van der Waals surface area contributed by atoms with Crippen molar-refractivity contribution >= 4 is 23.4 Å². The van der Waals surface area contributed by atoms with Crippen molar-refractivity contribution in [2.45, 2.75) is 17.8 Å². The monoisotopic (exact) mass is 393 g/mol. The molecule has 0 aliphatic heterocycles. The predicted octanol–water partition coefficient (Wildman–Crippen LogP) is 3.80. The van der Waals surface area contributed by atoms with Gasteiger partial charge in [-0.2, -0.15) is 17.9 Å². The summed E-state index contributed by atoms with van der Waals surface area (Å²) in [6.45, 7) is 0. The standard InChI is InChI=1S/C17H14F3N5OS/c18-17(19,20)12-5-4-6-13(11-12)21-15(26)9-10-27-16-22-23-24-25(16)14-7-2-1-3-8-14/h1-8,11H,9-10H2,(H,21,26). The Kier molecular flexibility index (Phi) is 5.75. The SMILES string of the molecule is O=C(CCSc1nnnn1-c1ccccc1)Nc1cccc(C(F)(F)F)c1. The summed E-state index contributed by atoms with van der Waals surface area (Å²) in [5.41, 5.74) is 0.0871. The highest BCUT2D eigenvalue weighted by atomic mass is 32.2. The normalized spacial score (nSPS) is 11.4. The minimum atomic E-state index is -4.45. The number of benzene rings is 2. The Morgan fingerprint density at radius 1 is 1.11 bits per heavy atom. The Morgan fingerprint density at radius 2 is 1.89 bits per heavy atom. The number of hydrogen-bond acceptors (Lipinski definition) is 5. The van der Waals surface area contributed by atoms with Gasteiger partial charge in [-0.05, 0) is 40.8 Å². The molecule has 1 aromatic heterocycles. The zero-order valence-corrected chi connectivity index (χ0v) is 14.7. The highest BCUT2D eigenvalue weighted by molar-refractivity contribution is 7.99. The van der Waals surface area contributed by atoms with E-state index in [0.717, 1.165) is 17.8 Å². The van der Waals surface area contributed by atoms with Crippen LogP contribution in [0.5, 0.6) is 0 Å². The molecule has 0 saturated heterocycles. The quantitative estimate of drug-likeness (QED) is 0.645. The number of rotatable bonds is 6. The molecule has 0 unspecified atom stereocenters. The lowest BCUT2D eigenvalue weighted by Crippen LogP contribution is -2.13. The van der Waals surface area contributed by atoms with E-state index in [-0.39, 0.29) is 18.0 Å². The van der Waals surface area contributed by atoms with E-state index in [1.807, 2.05) is 30.3 Å². The van der Waals surface area contributed by atoms with Crippen molar-refractivity contribution in [1.29, 1.82) is 0 Å². The summed E-state index contributed by atoms with van der Waals surface area (Å²) < 4.78 is 39.7. The van der Waals surface area contributed by atoms with Gasteiger partial charge in [-0.3, -0.25) is 4.79 Å². The van der Waals surface area contributed by atoms with Gasteiger partial charge in [-0.25, -0.2) is 0 Å². The number of para-hydroxylation sites is 1. The van der Waals surface area contributed by atoms with Gasteiger partial charge in [-0.15, -0.1) is 5.10 Å². The molecule has 0 radical (unpaired) electrons. The van der Waals surface area contributed by atoms with Gasteiger partial charge in [0, 0.05) is 17.9 Å². The number of hydrogen-bond donors (Lipinski definition) is 1. The zero-order valence-electron chi connectivity index (χ0n) is 13.8. The van der Waals surface area contributed by atoms with Crippen LogP contribution in [0.1, 0.15) is 12.0 Å². The lowest BCUT2D eigenvalue weighted by atomic mass is 10.2. The lowest BCUT2D eigenvalue weighted by Gasteiger charge is -2.09. The Balaban J connectivity index is 1.55. The summed E-state index contributed by atoms with van der Waals surface area (Å²) in [6, 6.07) is 13.8. The van der Waals surface area contributed by atoms with Crippen LogP contribution in [0.3, 0.4) is 0 Å². The maximum Gasteiger partial charge on any atom is 0.416 e. The van der Waals surface area contributed by atoms with E-state index < -0.39 is 11.7 Å². The molecule has 2 aromatic carbocycles. The lowest BCUT2D eigenvalue weighted by molar-refractivity contribution is -0.137. The molecule has 0 fully saturated rings. The average Bonchev–Trinajstić information content (AvgIpc) is 3.10. The van der Waals surface area contributed by atoms with Crippen LogP contribution < -0.4 is 5.32 Å². The topological polar surface area (TPSA) is 72.7 Å². The Hall–Kier alpha value is -2.88. The van der Waals surface area contributed by atoms with Crippen molar-refractivity contribution in [3.8, 4) is 5.69 Å². The first-order valence-electron chi connectivity index (χ1n) is 7.87. The summed E-state index contributed by atoms with van der Waals surface area (Å²) >= 11 is 1.28. The second-order valence-electron chi connectivity index (χ2n) is 5.43. The molecule has 3 aromatic rings. The van der Waals surface area contributed by atoms with Crippen molar-refractivity contribution in [2.75, 3.05) is 11.1 Å². The maximum absolute atomic E-state index is 12.7. The van der Waals surface area contributed by atoms with Crippen LogP contribution in [0.15, 0.2) is 59.8 Å². The molecule has 0 saturated carbocycles. The second kappa shape index (κ2) is 8.21. The van der Waals surface area contributed by atoms with E-state index in [2.05, 4.69) is 20.8 Å². The number of carbonyl (C=O) groups excluding carboxylic acids is 1. The third-order valence-corrected chi connectivity index (χ3v) is 4.40. The van der Waals surface area contributed by atoms with E-state index in [0.29, 0.717) is 10.9 Å². The van der Waals surface area contributed by atoms with E-state index in [9.17, 15) is 18.0 Å². The van der Waals surface area contributed by atoms with Gasteiger partial charge in [0.15, 0.2) is 0 Å². The largest absolute Gasteiger partial charge is 0.416 e. The second-order valence-corrected chi connectivity index (χ2v) is 6.50. The van der Waals surface area contributed by atoms with Crippen molar-refractivity contribution in [2.24, 2.45) is 0 Å². The Morgan fingerprint density at radius 3 is 2.63 bits per heavy atom. The average molecular weight is 393 g/mol. The number of halogens is 3. The Labute approximate surface area is 156 Å². The molecule has 6 nitrogen and oxygen atoms in total. The number of tetrazole rings is 1. The van der Waals surface area contributed by atoms with Crippen molar-refractivity contribution in [3.05, 3.63) is 60.2 Å². The van der Waals surface area contributed by atoms with Gasteiger partial charge in [0.05, 0.1) is 11.3 Å². The molecule has 10 heteroatoms. The molecule has 0 spiro atoms. The number of nitrogens with zero attached hydrogens (tertiary/aromatic N) is 4. The van der Waals surface area contributed by atoms with Gasteiger partial charge < -0.3 is 5.32 Å². The van der Waals surface area contributed by atoms with Crippen LogP contribution in [0, 0.1) is 0 Å². The molecule has 1 heterocycles. The minimum absolute atomic E-state index is 0.0998. The van der Waals surface area contributed by atoms with Gasteiger partial charge in [-0.1, -0.05) is 36.0 Å². The van der Waals surface area contributed by atoms with E-state index >= 15 is 0 Å². The number of alkyl halides is 3. The molecular formula is C17H14F3N5OS. The number of amides is 1. The molecule has 1 amide bonds. The van der Waals surface area contributed by atoms with Crippen LogP contribution in [-0.2, 0) is 11.0 Å². The summed E-state index contributed by atoms with van der Waals surface area (Å²) in [5.74, 6) is -0.0154. The fraction of sp³-hybridized carbons (Fsp3) is 0.176. The molecular weight excluding hydrogens is 379 g/mol. The first kappa shape index (κ1) is 18.9. The summed E-state index contributed by atoms with van der Waals surface area (Å²) in [6.07, 6.45) is -4.35. The number of aromatic nitrogens is 4. The molecule has 0 aliphatic rings. The summed E-state index contributed by atoms with van der Waals surface area (Å²) in [5, 5.41) is 14.5. The fourth-order valence-corrected chi connectivity index (χ4v) is 3.06. The van der Waals surface area contributed by atoms with Gasteiger partial charge in [0.2, 0.25) is 11.1 Å². The molecule has 27 heavy (non-hydrogen) atoms. The number of nitrogens with one attached hydrogen (secondary N) is 1. The maximum atomic E-state index is 12.7. The predicted molar refractivity (Wildman–Crippen MR) is 94.6 cm³/mol. The molecule has 0 bridgehead atoms. The third kappa shape index (κ3) is 5.07. The van der Waals surface area contributed by atoms with Gasteiger partial charge in [0.1, 0.15) is 0 Å². The van der Waals surface area contributed by atoms with Gasteiger partial charge >= 0.3 is 6.18 Å². The fourth-order valence-electron chi connectivity index (χ4n) is 2.23. The number of anilines is 1. The zero-order chi connectivity index (χ0) is 19.3. The first-order valence-corrected chi connectivity index (χ1v) is 8.86. The summed E-state index contributed by atoms with van der Waals surface area (Å²) in [4.78, 5) is 12.0. The van der Waals surface area contributed by atoms with E-state index in [1.54, 1.807) is 4.68 Å². The van der Waals surface area contributed by atoms with Crippen molar-refractivity contribution in [1.82, 2.24) is 20.2 Å². The molecule has 0 aliphatic carbocycles. The van der Waals surface area contributed by atoms with Crippen LogP contribution in [0.2, 0.25) is 0 Å². The van der Waals surface area contributed by atoms with Crippen LogP contribution in [0.4, 0.5) is 18.9 Å². The smallest absolute Gasteiger partial charge is 0.326 e. The van der Waals surface area contributed by atoms with E-state index in [1.165, 1.54) is 23.9 Å². The highest BCUT2D eigenvalue weighted by Gasteiger charge is 2.30. The van der Waals surface area contributed by atoms with Crippen LogP contribution >= 0.6 is 11.8 Å².